The predicted octanol–water partition coefficient (Wildman–Crippen LogP) is 1.16. The first-order valence-electron chi connectivity index (χ1n) is 5.62. The van der Waals surface area contributed by atoms with Crippen molar-refractivity contribution < 1.29 is 13.9 Å². The number of anilines is 1. The van der Waals surface area contributed by atoms with E-state index in [1.807, 2.05) is 10.8 Å². The molecule has 2 aromatic rings. The second-order valence-corrected chi connectivity index (χ2v) is 3.49. The van der Waals surface area contributed by atoms with Gasteiger partial charge in [-0.25, -0.2) is 9.78 Å². The molecular formula is C11H14N4O3. The molecule has 0 amide bonds. The molecule has 0 aliphatic rings. The van der Waals surface area contributed by atoms with Gasteiger partial charge in [0, 0.05) is 25.5 Å². The van der Waals surface area contributed by atoms with Crippen molar-refractivity contribution in [3.8, 4) is 0 Å². The lowest BCUT2D eigenvalue weighted by molar-refractivity contribution is 0.0519. The van der Waals surface area contributed by atoms with Crippen LogP contribution in [0.4, 0.5) is 6.01 Å². The third-order valence-electron chi connectivity index (χ3n) is 2.19. The molecule has 0 bridgehead atoms. The highest BCUT2D eigenvalue weighted by molar-refractivity contribution is 5.87. The number of nitrogens with one attached hydrogen (secondary N) is 1. The number of nitrogens with zero attached hydrogens (tertiary/aromatic N) is 3. The minimum Gasteiger partial charge on any atom is -0.461 e. The smallest absolute Gasteiger partial charge is 0.360 e. The quantitative estimate of drug-likeness (QED) is 0.775. The minimum absolute atomic E-state index is 0.169. The summed E-state index contributed by atoms with van der Waals surface area (Å²) in [5, 5.41) is 2.97. The molecule has 0 aliphatic carbocycles. The van der Waals surface area contributed by atoms with Crippen LogP contribution in [0.2, 0.25) is 0 Å². The van der Waals surface area contributed by atoms with Crippen LogP contribution in [-0.4, -0.2) is 33.7 Å². The van der Waals surface area contributed by atoms with Gasteiger partial charge in [-0.3, -0.25) is 0 Å². The molecule has 1 N–H and O–H groups in total. The lowest BCUT2D eigenvalue weighted by Gasteiger charge is -2.01. The number of hydrogen-bond acceptors (Lipinski definition) is 6. The summed E-state index contributed by atoms with van der Waals surface area (Å²) in [6.07, 6.45) is 6.57. The maximum absolute atomic E-state index is 11.3. The number of ether oxygens (including phenoxy) is 1. The Balaban J connectivity index is 1.81. The van der Waals surface area contributed by atoms with Gasteiger partial charge in [0.05, 0.1) is 12.9 Å². The van der Waals surface area contributed by atoms with Crippen LogP contribution in [0.5, 0.6) is 0 Å². The number of carbonyl (C=O) groups excluding carboxylic acids is 1. The van der Waals surface area contributed by atoms with Crippen molar-refractivity contribution in [3.05, 3.63) is 30.7 Å². The Morgan fingerprint density at radius 3 is 3.22 bits per heavy atom. The highest BCUT2D eigenvalue weighted by Gasteiger charge is 2.12. The molecule has 0 aliphatic heterocycles. The summed E-state index contributed by atoms with van der Waals surface area (Å²) in [6.45, 7) is 3.41. The van der Waals surface area contributed by atoms with E-state index in [0.717, 1.165) is 6.54 Å². The van der Waals surface area contributed by atoms with Crippen LogP contribution in [0.15, 0.2) is 29.4 Å². The van der Waals surface area contributed by atoms with E-state index in [0.29, 0.717) is 19.2 Å². The van der Waals surface area contributed by atoms with E-state index in [1.165, 1.54) is 6.26 Å². The van der Waals surface area contributed by atoms with Gasteiger partial charge in [-0.05, 0) is 6.92 Å². The van der Waals surface area contributed by atoms with Gasteiger partial charge in [0.2, 0.25) is 0 Å². The van der Waals surface area contributed by atoms with Crippen LogP contribution in [0, 0.1) is 0 Å². The van der Waals surface area contributed by atoms with Crippen LogP contribution < -0.4 is 5.32 Å². The Morgan fingerprint density at radius 2 is 2.50 bits per heavy atom. The standard InChI is InChI=1S/C11H14N4O3/c1-2-17-10(16)9-7-18-11(14-9)13-4-6-15-5-3-12-8-15/h3,5,7-8H,2,4,6H2,1H3,(H,13,14). The van der Waals surface area contributed by atoms with Crippen molar-refractivity contribution in [3.63, 3.8) is 0 Å². The molecule has 0 spiro atoms. The van der Waals surface area contributed by atoms with Crippen molar-refractivity contribution in [1.82, 2.24) is 14.5 Å². The van der Waals surface area contributed by atoms with Crippen LogP contribution >= 0.6 is 0 Å². The molecule has 0 atom stereocenters. The lowest BCUT2D eigenvalue weighted by atomic mass is 10.5. The van der Waals surface area contributed by atoms with Gasteiger partial charge in [-0.15, -0.1) is 0 Å². The maximum Gasteiger partial charge on any atom is 0.360 e. The van der Waals surface area contributed by atoms with Gasteiger partial charge in [0.1, 0.15) is 6.26 Å². The fourth-order valence-corrected chi connectivity index (χ4v) is 1.36. The topological polar surface area (TPSA) is 82.2 Å². The molecule has 2 aromatic heterocycles. The molecule has 0 radical (unpaired) electrons. The summed E-state index contributed by atoms with van der Waals surface area (Å²) in [6, 6.07) is 0.304. The fourth-order valence-electron chi connectivity index (χ4n) is 1.36. The summed E-state index contributed by atoms with van der Waals surface area (Å²) in [5.41, 5.74) is 0.169. The number of imidazole rings is 1. The van der Waals surface area contributed by atoms with Gasteiger partial charge in [0.25, 0.3) is 6.01 Å². The summed E-state index contributed by atoms with van der Waals surface area (Å²) >= 11 is 0. The van der Waals surface area contributed by atoms with Gasteiger partial charge in [-0.1, -0.05) is 0 Å². The van der Waals surface area contributed by atoms with Gasteiger partial charge >= 0.3 is 5.97 Å². The van der Waals surface area contributed by atoms with E-state index in [-0.39, 0.29) is 5.69 Å². The largest absolute Gasteiger partial charge is 0.461 e. The SMILES string of the molecule is CCOC(=O)c1coc(NCCn2ccnc2)n1. The van der Waals surface area contributed by atoms with Crippen LogP contribution in [0.1, 0.15) is 17.4 Å². The summed E-state index contributed by atoms with van der Waals surface area (Å²) < 4.78 is 11.8. The highest BCUT2D eigenvalue weighted by Crippen LogP contribution is 2.08. The average Bonchev–Trinajstić information content (AvgIpc) is 3.00. The Kier molecular flexibility index (Phi) is 3.95. The van der Waals surface area contributed by atoms with E-state index in [4.69, 9.17) is 9.15 Å². The zero-order valence-corrected chi connectivity index (χ0v) is 10.00. The molecule has 96 valence electrons. The van der Waals surface area contributed by atoms with Crippen molar-refractivity contribution in [2.45, 2.75) is 13.5 Å². The molecule has 0 saturated heterocycles. The van der Waals surface area contributed by atoms with Crippen LogP contribution in [0.25, 0.3) is 0 Å². The Hall–Kier alpha value is -2.31. The molecule has 0 aromatic carbocycles. The monoisotopic (exact) mass is 250 g/mol. The van der Waals surface area contributed by atoms with Gasteiger partial charge < -0.3 is 19.0 Å². The molecule has 18 heavy (non-hydrogen) atoms. The molecule has 7 nitrogen and oxygen atoms in total. The number of oxazole rings is 1. The second kappa shape index (κ2) is 5.85. The predicted molar refractivity (Wildman–Crippen MR) is 63.2 cm³/mol. The highest BCUT2D eigenvalue weighted by atomic mass is 16.5. The molecular weight excluding hydrogens is 236 g/mol. The van der Waals surface area contributed by atoms with Crippen LogP contribution in [0.3, 0.4) is 0 Å². The zero-order chi connectivity index (χ0) is 12.8. The average molecular weight is 250 g/mol. The number of esters is 1. The Morgan fingerprint density at radius 1 is 1.61 bits per heavy atom. The summed E-state index contributed by atoms with van der Waals surface area (Å²) in [5.74, 6) is -0.482. The van der Waals surface area contributed by atoms with Crippen molar-refractivity contribution in [2.75, 3.05) is 18.5 Å². The molecule has 0 saturated carbocycles. The van der Waals surface area contributed by atoms with Gasteiger partial charge in [0.15, 0.2) is 5.69 Å². The Labute approximate surface area is 104 Å². The number of aromatic nitrogens is 3. The maximum atomic E-state index is 11.3. The molecule has 0 unspecified atom stereocenters. The van der Waals surface area contributed by atoms with E-state index in [1.54, 1.807) is 19.4 Å². The normalized spacial score (nSPS) is 10.3. The minimum atomic E-state index is -0.482. The third-order valence-corrected chi connectivity index (χ3v) is 2.19. The summed E-state index contributed by atoms with van der Waals surface area (Å²) in [4.78, 5) is 19.2. The zero-order valence-electron chi connectivity index (χ0n) is 10.00. The fraction of sp³-hybridized carbons (Fsp3) is 0.364. The number of hydrogen-bond donors (Lipinski definition) is 1. The summed E-state index contributed by atoms with van der Waals surface area (Å²) in [7, 11) is 0. The molecule has 0 fully saturated rings. The van der Waals surface area contributed by atoms with E-state index >= 15 is 0 Å². The van der Waals surface area contributed by atoms with Crippen molar-refractivity contribution in [1.29, 1.82) is 0 Å². The third kappa shape index (κ3) is 3.09. The molecule has 7 heteroatoms. The second-order valence-electron chi connectivity index (χ2n) is 3.49. The Bertz CT molecular complexity index is 492. The first-order chi connectivity index (χ1) is 8.79. The van der Waals surface area contributed by atoms with Crippen molar-refractivity contribution >= 4 is 12.0 Å². The van der Waals surface area contributed by atoms with Crippen LogP contribution in [-0.2, 0) is 11.3 Å². The van der Waals surface area contributed by atoms with Crippen molar-refractivity contribution in [2.24, 2.45) is 0 Å². The first kappa shape index (κ1) is 12.2. The molecule has 2 rings (SSSR count). The lowest BCUT2D eigenvalue weighted by Crippen LogP contribution is -2.10. The number of carbonyl (C=O) groups is 1. The van der Waals surface area contributed by atoms with E-state index < -0.39 is 5.97 Å². The molecule has 2 heterocycles. The van der Waals surface area contributed by atoms with Gasteiger partial charge in [-0.2, -0.15) is 4.98 Å². The first-order valence-corrected chi connectivity index (χ1v) is 5.62. The van der Waals surface area contributed by atoms with E-state index in [2.05, 4.69) is 15.3 Å². The van der Waals surface area contributed by atoms with E-state index in [9.17, 15) is 4.79 Å². The number of rotatable bonds is 6.